The Bertz CT molecular complexity index is 765. The summed E-state index contributed by atoms with van der Waals surface area (Å²) in [5, 5.41) is -3.05. The van der Waals surface area contributed by atoms with Crippen LogP contribution in [-0.2, 0) is 18.9 Å². The normalized spacial score (nSPS) is 15.6. The number of nitrogens with two attached hydrogens (primary N) is 1. The summed E-state index contributed by atoms with van der Waals surface area (Å²) in [6.07, 6.45) is -5.05. The lowest BCUT2D eigenvalue weighted by Crippen LogP contribution is -2.51. The molecule has 0 aliphatic carbocycles. The van der Waals surface area contributed by atoms with Gasteiger partial charge in [0.1, 0.15) is 0 Å². The first-order valence-electron chi connectivity index (χ1n) is 7.45. The molecule has 0 spiro atoms. The number of hydrogen-bond donors (Lipinski definition) is 2. The molecule has 1 unspecified atom stereocenters. The number of H-pyrrole nitrogens is 1. The largest absolute Gasteiger partial charge is 0.422 e. The molecule has 9 heteroatoms. The van der Waals surface area contributed by atoms with E-state index in [1.54, 1.807) is 18.2 Å². The average Bonchev–Trinajstić information content (AvgIpc) is 2.81. The number of alkyl halides is 3. The molecule has 2 aromatic rings. The number of para-hydroxylation sites is 1. The van der Waals surface area contributed by atoms with Crippen molar-refractivity contribution < 1.29 is 26.8 Å². The molecule has 24 heavy (non-hydrogen) atoms. The van der Waals surface area contributed by atoms with Gasteiger partial charge in [-0.25, -0.2) is 0 Å². The first kappa shape index (κ1) is 19.0. The van der Waals surface area contributed by atoms with Crippen LogP contribution < -0.4 is 5.73 Å². The van der Waals surface area contributed by atoms with Crippen molar-refractivity contribution in [3.05, 3.63) is 35.5 Å². The van der Waals surface area contributed by atoms with Crippen LogP contribution in [0, 0.1) is 6.92 Å². The first-order valence-corrected chi connectivity index (χ1v) is 8.99. The summed E-state index contributed by atoms with van der Waals surface area (Å²) in [6.45, 7) is 3.86. The number of hydrogen-bond acceptors (Lipinski definition) is 4. The van der Waals surface area contributed by atoms with Gasteiger partial charge in [0.25, 0.3) is 0 Å². The molecule has 5 nitrogen and oxygen atoms in total. The second kappa shape index (κ2) is 6.52. The van der Waals surface area contributed by atoms with E-state index in [2.05, 4.69) is 4.98 Å². The second-order valence-electron chi connectivity index (χ2n) is 5.27. The molecule has 0 amide bonds. The molecule has 0 aliphatic heterocycles. The van der Waals surface area contributed by atoms with Crippen LogP contribution >= 0.6 is 7.60 Å². The van der Waals surface area contributed by atoms with Gasteiger partial charge in [0.05, 0.1) is 13.2 Å². The van der Waals surface area contributed by atoms with E-state index in [-0.39, 0.29) is 29.9 Å². The Morgan fingerprint density at radius 2 is 1.71 bits per heavy atom. The van der Waals surface area contributed by atoms with Gasteiger partial charge >= 0.3 is 13.8 Å². The molecule has 0 bridgehead atoms. The predicted molar refractivity (Wildman–Crippen MR) is 85.8 cm³/mol. The minimum absolute atomic E-state index is 0.163. The quantitative estimate of drug-likeness (QED) is 0.744. The zero-order valence-corrected chi connectivity index (χ0v) is 14.5. The second-order valence-corrected chi connectivity index (χ2v) is 7.48. The van der Waals surface area contributed by atoms with Crippen molar-refractivity contribution in [3.8, 4) is 0 Å². The fourth-order valence-corrected chi connectivity index (χ4v) is 4.82. The number of halogens is 3. The molecular formula is C15H20F3N2O3P. The van der Waals surface area contributed by atoms with Gasteiger partial charge in [-0.05, 0) is 26.8 Å². The van der Waals surface area contributed by atoms with Crippen molar-refractivity contribution in [1.29, 1.82) is 0 Å². The van der Waals surface area contributed by atoms with E-state index >= 15 is 0 Å². The predicted octanol–water partition coefficient (Wildman–Crippen LogP) is 4.42. The van der Waals surface area contributed by atoms with Crippen LogP contribution in [0.15, 0.2) is 24.3 Å². The van der Waals surface area contributed by atoms with Crippen molar-refractivity contribution in [2.45, 2.75) is 32.2 Å². The number of aryl methyl sites for hydroxylation is 1. The third-order valence-corrected chi connectivity index (χ3v) is 6.27. The van der Waals surface area contributed by atoms with E-state index in [1.807, 2.05) is 0 Å². The maximum atomic E-state index is 14.0. The monoisotopic (exact) mass is 364 g/mol. The Kier molecular flexibility index (Phi) is 5.16. The molecule has 0 saturated heterocycles. The van der Waals surface area contributed by atoms with E-state index < -0.39 is 19.1 Å². The lowest BCUT2D eigenvalue weighted by atomic mass is 10.0. The average molecular weight is 364 g/mol. The van der Waals surface area contributed by atoms with Crippen molar-refractivity contribution in [2.75, 3.05) is 13.2 Å². The van der Waals surface area contributed by atoms with Crippen LogP contribution in [0.1, 0.15) is 25.1 Å². The van der Waals surface area contributed by atoms with Gasteiger partial charge in [-0.1, -0.05) is 18.2 Å². The molecule has 1 heterocycles. The summed E-state index contributed by atoms with van der Waals surface area (Å²) in [7, 11) is -4.75. The van der Waals surface area contributed by atoms with Gasteiger partial charge in [0, 0.05) is 22.2 Å². The van der Waals surface area contributed by atoms with Gasteiger partial charge < -0.3 is 19.8 Å². The summed E-state index contributed by atoms with van der Waals surface area (Å²) in [5.74, 6) is 0. The number of benzene rings is 1. The molecule has 134 valence electrons. The molecule has 2 rings (SSSR count). The number of rotatable bonds is 6. The summed E-state index contributed by atoms with van der Waals surface area (Å²) >= 11 is 0. The maximum Gasteiger partial charge on any atom is 0.422 e. The van der Waals surface area contributed by atoms with Gasteiger partial charge in [-0.3, -0.25) is 4.57 Å². The summed E-state index contributed by atoms with van der Waals surface area (Å²) in [5.41, 5.74) is 6.10. The van der Waals surface area contributed by atoms with Crippen molar-refractivity contribution in [3.63, 3.8) is 0 Å². The van der Waals surface area contributed by atoms with Gasteiger partial charge in [-0.15, -0.1) is 0 Å². The van der Waals surface area contributed by atoms with Gasteiger partial charge in [-0.2, -0.15) is 13.2 Å². The van der Waals surface area contributed by atoms with Crippen LogP contribution in [0.25, 0.3) is 10.9 Å². The molecule has 0 aliphatic rings. The number of nitrogens with one attached hydrogen (secondary N) is 1. The van der Waals surface area contributed by atoms with Crippen molar-refractivity contribution in [2.24, 2.45) is 5.73 Å². The lowest BCUT2D eigenvalue weighted by molar-refractivity contribution is -0.169. The minimum atomic E-state index is -5.05. The van der Waals surface area contributed by atoms with E-state index in [1.165, 1.54) is 26.8 Å². The molecule has 0 radical (unpaired) electrons. The fourth-order valence-electron chi connectivity index (χ4n) is 2.78. The molecular weight excluding hydrogens is 344 g/mol. The van der Waals surface area contributed by atoms with E-state index in [0.29, 0.717) is 5.52 Å². The smallest absolute Gasteiger partial charge is 0.358 e. The fraction of sp³-hybridized carbons (Fsp3) is 0.467. The molecule has 1 aromatic carbocycles. The molecule has 3 N–H and O–H groups in total. The lowest BCUT2D eigenvalue weighted by Gasteiger charge is -2.37. The van der Waals surface area contributed by atoms with Crippen LogP contribution in [-0.4, -0.2) is 24.4 Å². The Morgan fingerprint density at radius 3 is 2.21 bits per heavy atom. The van der Waals surface area contributed by atoms with E-state index in [0.717, 1.165) is 0 Å². The maximum absolute atomic E-state index is 14.0. The highest BCUT2D eigenvalue weighted by Crippen LogP contribution is 2.68. The van der Waals surface area contributed by atoms with Gasteiger partial charge in [0.15, 0.2) is 0 Å². The zero-order valence-electron chi connectivity index (χ0n) is 13.6. The minimum Gasteiger partial charge on any atom is -0.358 e. The third kappa shape index (κ3) is 2.77. The standard InChI is InChI=1S/C15H20F3N2O3P/c1-4-22-24(21,23-5-2)14(19,15(16,17)18)13-10(3)20-12-9-7-6-8-11(12)13/h6-9,20H,4-5,19H2,1-3H3. The zero-order chi connectivity index (χ0) is 18.2. The Balaban J connectivity index is 2.86. The molecule has 1 aromatic heterocycles. The molecule has 0 fully saturated rings. The van der Waals surface area contributed by atoms with Crippen molar-refractivity contribution >= 4 is 18.5 Å². The summed E-state index contributed by atoms with van der Waals surface area (Å²) in [4.78, 5) is 2.85. The molecule has 1 atom stereocenters. The van der Waals surface area contributed by atoms with Crippen LogP contribution in [0.2, 0.25) is 0 Å². The highest BCUT2D eigenvalue weighted by atomic mass is 31.2. The van der Waals surface area contributed by atoms with Crippen molar-refractivity contribution in [1.82, 2.24) is 4.98 Å². The first-order chi connectivity index (χ1) is 11.1. The van der Waals surface area contributed by atoms with E-state index in [9.17, 15) is 17.7 Å². The Hall–Kier alpha value is -1.34. The van der Waals surface area contributed by atoms with E-state index in [4.69, 9.17) is 14.8 Å². The van der Waals surface area contributed by atoms with Gasteiger partial charge in [0.2, 0.25) is 5.28 Å². The summed E-state index contributed by atoms with van der Waals surface area (Å²) < 4.78 is 65.1. The number of fused-ring (bicyclic) bond motifs is 1. The SMILES string of the molecule is CCOP(=O)(OCC)C(N)(c1c(C)[nH]c2ccccc12)C(F)(F)F. The summed E-state index contributed by atoms with van der Waals surface area (Å²) in [6, 6.07) is 6.37. The molecule has 0 saturated carbocycles. The van der Waals surface area contributed by atoms with Crippen LogP contribution in [0.5, 0.6) is 0 Å². The highest BCUT2D eigenvalue weighted by molar-refractivity contribution is 7.55. The van der Waals surface area contributed by atoms with Crippen LogP contribution in [0.4, 0.5) is 13.2 Å². The highest BCUT2D eigenvalue weighted by Gasteiger charge is 2.68. The number of aromatic amines is 1. The third-order valence-electron chi connectivity index (χ3n) is 3.74. The Morgan fingerprint density at radius 1 is 1.17 bits per heavy atom. The Labute approximate surface area is 137 Å². The topological polar surface area (TPSA) is 77.3 Å². The number of aromatic nitrogens is 1. The van der Waals surface area contributed by atoms with Crippen LogP contribution in [0.3, 0.4) is 0 Å².